The molecule has 2 rings (SSSR count). The van der Waals surface area contributed by atoms with Crippen molar-refractivity contribution in [3.05, 3.63) is 29.8 Å². The second kappa shape index (κ2) is 6.37. The summed E-state index contributed by atoms with van der Waals surface area (Å²) in [7, 11) is 0. The Bertz CT molecular complexity index is 549. The third kappa shape index (κ3) is 4.47. The molecule has 22 heavy (non-hydrogen) atoms. The normalized spacial score (nSPS) is 15.4. The fourth-order valence-corrected chi connectivity index (χ4v) is 2.22. The summed E-state index contributed by atoms with van der Waals surface area (Å²) in [6, 6.07) is 6.15. The zero-order valence-electron chi connectivity index (χ0n) is 12.1. The highest BCUT2D eigenvalue weighted by Gasteiger charge is 2.28. The van der Waals surface area contributed by atoms with Crippen LogP contribution in [0.25, 0.3) is 0 Å². The van der Waals surface area contributed by atoms with Gasteiger partial charge in [-0.2, -0.15) is 13.2 Å². The summed E-state index contributed by atoms with van der Waals surface area (Å²) in [6.07, 6.45) is -6.11. The maximum atomic E-state index is 12.0. The van der Waals surface area contributed by atoms with Crippen molar-refractivity contribution in [2.75, 3.05) is 18.4 Å². The number of benzene rings is 1. The van der Waals surface area contributed by atoms with E-state index in [2.05, 4.69) is 12.2 Å². The molecule has 0 bridgehead atoms. The maximum absolute atomic E-state index is 12.0. The molecule has 0 radical (unpaired) electrons. The number of hydrogen-bond acceptors (Lipinski definition) is 2. The van der Waals surface area contributed by atoms with Gasteiger partial charge in [-0.1, -0.05) is 6.92 Å². The van der Waals surface area contributed by atoms with Crippen molar-refractivity contribution < 1.29 is 22.8 Å². The highest BCUT2D eigenvalue weighted by atomic mass is 19.4. The van der Waals surface area contributed by atoms with Crippen LogP contribution in [0, 0.1) is 5.92 Å². The molecule has 0 spiro atoms. The van der Waals surface area contributed by atoms with Gasteiger partial charge in [-0.15, -0.1) is 0 Å². The van der Waals surface area contributed by atoms with Crippen LogP contribution in [0.15, 0.2) is 24.3 Å². The average Bonchev–Trinajstić information content (AvgIpc) is 2.41. The third-order valence-corrected chi connectivity index (χ3v) is 3.40. The van der Waals surface area contributed by atoms with E-state index in [0.717, 1.165) is 13.1 Å². The van der Waals surface area contributed by atoms with E-state index in [1.807, 2.05) is 0 Å². The van der Waals surface area contributed by atoms with E-state index in [1.165, 1.54) is 12.1 Å². The third-order valence-electron chi connectivity index (χ3n) is 3.40. The molecular weight excluding hydrogens is 297 g/mol. The van der Waals surface area contributed by atoms with Crippen molar-refractivity contribution in [3.63, 3.8) is 0 Å². The SMILES string of the molecule is CC1CN(C(=O)c2ccc(NC(=O)CCC(F)(F)F)cc2)C1. The van der Waals surface area contributed by atoms with E-state index in [1.54, 1.807) is 17.0 Å². The van der Waals surface area contributed by atoms with Crippen molar-refractivity contribution >= 4 is 17.5 Å². The first-order chi connectivity index (χ1) is 10.2. The predicted octanol–water partition coefficient (Wildman–Crippen LogP) is 3.06. The molecule has 1 aliphatic heterocycles. The van der Waals surface area contributed by atoms with Crippen molar-refractivity contribution in [1.82, 2.24) is 4.90 Å². The molecule has 1 N–H and O–H groups in total. The molecule has 0 saturated carbocycles. The minimum atomic E-state index is -4.35. The van der Waals surface area contributed by atoms with E-state index < -0.39 is 24.9 Å². The monoisotopic (exact) mass is 314 g/mol. The van der Waals surface area contributed by atoms with Gasteiger partial charge >= 0.3 is 6.18 Å². The number of likely N-dealkylation sites (tertiary alicyclic amines) is 1. The lowest BCUT2D eigenvalue weighted by molar-refractivity contribution is -0.142. The smallest absolute Gasteiger partial charge is 0.338 e. The molecular formula is C15H17F3N2O2. The van der Waals surface area contributed by atoms with Gasteiger partial charge in [-0.05, 0) is 30.2 Å². The molecule has 1 aliphatic rings. The standard InChI is InChI=1S/C15H17F3N2O2/c1-10-8-20(9-10)14(22)11-2-4-12(5-3-11)19-13(21)6-7-15(16,17)18/h2-5,10H,6-9H2,1H3,(H,19,21). The number of halogens is 3. The van der Waals surface area contributed by atoms with Crippen LogP contribution >= 0.6 is 0 Å². The lowest BCUT2D eigenvalue weighted by Crippen LogP contribution is -2.48. The first-order valence-electron chi connectivity index (χ1n) is 7.00. The van der Waals surface area contributed by atoms with Gasteiger partial charge in [0.1, 0.15) is 0 Å². The Kier molecular flexibility index (Phi) is 4.73. The van der Waals surface area contributed by atoms with Crippen LogP contribution in [-0.4, -0.2) is 36.0 Å². The maximum Gasteiger partial charge on any atom is 0.389 e. The van der Waals surface area contributed by atoms with Gasteiger partial charge in [-0.25, -0.2) is 0 Å². The number of carbonyl (C=O) groups is 2. The highest BCUT2D eigenvalue weighted by molar-refractivity contribution is 5.96. The summed E-state index contributed by atoms with van der Waals surface area (Å²) in [5.41, 5.74) is 0.876. The number of hydrogen-bond donors (Lipinski definition) is 1. The minimum Gasteiger partial charge on any atom is -0.338 e. The molecule has 0 unspecified atom stereocenters. The first kappa shape index (κ1) is 16.3. The van der Waals surface area contributed by atoms with Gasteiger partial charge in [0.15, 0.2) is 0 Å². The van der Waals surface area contributed by atoms with Crippen LogP contribution in [0.5, 0.6) is 0 Å². The van der Waals surface area contributed by atoms with Crippen LogP contribution in [0.4, 0.5) is 18.9 Å². The van der Waals surface area contributed by atoms with Gasteiger partial charge < -0.3 is 10.2 Å². The van der Waals surface area contributed by atoms with Crippen LogP contribution < -0.4 is 5.32 Å². The number of carbonyl (C=O) groups excluding carboxylic acids is 2. The molecule has 4 nitrogen and oxygen atoms in total. The van der Waals surface area contributed by atoms with Crippen LogP contribution in [0.1, 0.15) is 30.1 Å². The van der Waals surface area contributed by atoms with E-state index in [0.29, 0.717) is 17.2 Å². The summed E-state index contributed by atoms with van der Waals surface area (Å²) in [5.74, 6) is -0.267. The van der Waals surface area contributed by atoms with E-state index in [-0.39, 0.29) is 5.91 Å². The lowest BCUT2D eigenvalue weighted by Gasteiger charge is -2.37. The van der Waals surface area contributed by atoms with Gasteiger partial charge in [-0.3, -0.25) is 9.59 Å². The number of alkyl halides is 3. The minimum absolute atomic E-state index is 0.0759. The Morgan fingerprint density at radius 2 is 1.82 bits per heavy atom. The van der Waals surface area contributed by atoms with Crippen LogP contribution in [0.3, 0.4) is 0 Å². The number of nitrogens with zero attached hydrogens (tertiary/aromatic N) is 1. The first-order valence-corrected chi connectivity index (χ1v) is 7.00. The second-order valence-electron chi connectivity index (χ2n) is 5.56. The van der Waals surface area contributed by atoms with Gasteiger partial charge in [0, 0.05) is 30.8 Å². The van der Waals surface area contributed by atoms with Gasteiger partial charge in [0.2, 0.25) is 5.91 Å². The molecule has 0 aliphatic carbocycles. The molecule has 7 heteroatoms. The average molecular weight is 314 g/mol. The quantitative estimate of drug-likeness (QED) is 0.928. The van der Waals surface area contributed by atoms with E-state index in [9.17, 15) is 22.8 Å². The van der Waals surface area contributed by atoms with Gasteiger partial charge in [0.05, 0.1) is 6.42 Å². The van der Waals surface area contributed by atoms with Crippen LogP contribution in [0.2, 0.25) is 0 Å². The van der Waals surface area contributed by atoms with E-state index in [4.69, 9.17) is 0 Å². The Hall–Kier alpha value is -2.05. The fraction of sp³-hybridized carbons (Fsp3) is 0.467. The Morgan fingerprint density at radius 1 is 1.23 bits per heavy atom. The summed E-state index contributed by atoms with van der Waals surface area (Å²) >= 11 is 0. The Balaban J connectivity index is 1.86. The summed E-state index contributed by atoms with van der Waals surface area (Å²) in [5, 5.41) is 2.38. The molecule has 1 heterocycles. The van der Waals surface area contributed by atoms with Gasteiger partial charge in [0.25, 0.3) is 5.91 Å². The summed E-state index contributed by atoms with van der Waals surface area (Å²) in [4.78, 5) is 25.1. The molecule has 1 aromatic rings. The Morgan fingerprint density at radius 3 is 2.32 bits per heavy atom. The summed E-state index contributed by atoms with van der Waals surface area (Å²) in [6.45, 7) is 3.52. The van der Waals surface area contributed by atoms with Crippen molar-refractivity contribution in [1.29, 1.82) is 0 Å². The Labute approximate surface area is 126 Å². The van der Waals surface area contributed by atoms with Crippen molar-refractivity contribution in [2.24, 2.45) is 5.92 Å². The zero-order chi connectivity index (χ0) is 16.3. The number of rotatable bonds is 4. The lowest BCUT2D eigenvalue weighted by atomic mass is 10.0. The molecule has 120 valence electrons. The number of nitrogens with one attached hydrogen (secondary N) is 1. The molecule has 2 amide bonds. The van der Waals surface area contributed by atoms with Crippen molar-refractivity contribution in [2.45, 2.75) is 25.9 Å². The number of anilines is 1. The zero-order valence-corrected chi connectivity index (χ0v) is 12.1. The molecule has 1 aromatic carbocycles. The highest BCUT2D eigenvalue weighted by Crippen LogP contribution is 2.22. The molecule has 1 fully saturated rings. The predicted molar refractivity (Wildman–Crippen MR) is 75.4 cm³/mol. The van der Waals surface area contributed by atoms with Crippen molar-refractivity contribution in [3.8, 4) is 0 Å². The fourth-order valence-electron chi connectivity index (χ4n) is 2.22. The molecule has 1 saturated heterocycles. The van der Waals surface area contributed by atoms with Crippen LogP contribution in [-0.2, 0) is 4.79 Å². The topological polar surface area (TPSA) is 49.4 Å². The summed E-state index contributed by atoms with van der Waals surface area (Å²) < 4.78 is 36.0. The van der Waals surface area contributed by atoms with E-state index >= 15 is 0 Å². The largest absolute Gasteiger partial charge is 0.389 e. The molecule has 0 aromatic heterocycles. The second-order valence-corrected chi connectivity index (χ2v) is 5.56. The molecule has 0 atom stereocenters. The number of amides is 2.